The summed E-state index contributed by atoms with van der Waals surface area (Å²) >= 11 is 15.5. The van der Waals surface area contributed by atoms with Gasteiger partial charge in [-0.3, -0.25) is 0 Å². The van der Waals surface area contributed by atoms with Crippen molar-refractivity contribution in [1.29, 1.82) is 0 Å². The van der Waals surface area contributed by atoms with E-state index in [1.165, 1.54) is 0 Å². The van der Waals surface area contributed by atoms with Gasteiger partial charge in [0.1, 0.15) is 0 Å². The van der Waals surface area contributed by atoms with E-state index in [-0.39, 0.29) is 19.5 Å². The summed E-state index contributed by atoms with van der Waals surface area (Å²) in [5.74, 6) is 0. The molecule has 0 aromatic rings. The van der Waals surface area contributed by atoms with E-state index in [0.29, 0.717) is 4.32 Å². The Labute approximate surface area is 77.5 Å². The van der Waals surface area contributed by atoms with Crippen LogP contribution in [0.4, 0.5) is 0 Å². The van der Waals surface area contributed by atoms with Gasteiger partial charge in [-0.1, -0.05) is 37.8 Å². The van der Waals surface area contributed by atoms with E-state index in [4.69, 9.17) is 0 Å². The number of hydrogen-bond acceptors (Lipinski definition) is 3. The molecule has 0 aliphatic heterocycles. The van der Waals surface area contributed by atoms with Gasteiger partial charge in [0.15, 0.2) is 4.32 Å². The van der Waals surface area contributed by atoms with E-state index in [9.17, 15) is 0 Å². The van der Waals surface area contributed by atoms with E-state index in [1.807, 2.05) is 0 Å². The molecule has 0 amide bonds. The second-order valence-corrected chi connectivity index (χ2v) is 2.80. The van der Waals surface area contributed by atoms with Crippen molar-refractivity contribution in [1.82, 2.24) is 3.71 Å². The summed E-state index contributed by atoms with van der Waals surface area (Å²) in [4.78, 5) is 0. The quantitative estimate of drug-likeness (QED) is 0.321. The molecule has 0 bridgehead atoms. The van der Waals surface area contributed by atoms with Gasteiger partial charge in [-0.2, -0.15) is 0 Å². The molecule has 0 aliphatic rings. The largest absolute Gasteiger partial charge is 0.248 e. The third-order valence-electron chi connectivity index (χ3n) is 0.171. The van der Waals surface area contributed by atoms with Crippen molar-refractivity contribution >= 4 is 54.8 Å². The Bertz CT molecular complexity index is 62.7. The van der Waals surface area contributed by atoms with Crippen LogP contribution in [0.5, 0.6) is 0 Å². The van der Waals surface area contributed by atoms with Crippen LogP contribution < -0.4 is 0 Å². The molecule has 0 rings (SSSR count). The molecule has 0 aliphatic carbocycles. The van der Waals surface area contributed by atoms with Gasteiger partial charge >= 0.3 is 0 Å². The summed E-state index contributed by atoms with van der Waals surface area (Å²) < 4.78 is 1.50. The van der Waals surface area contributed by atoms with Crippen LogP contribution in [-0.2, 0) is 19.5 Å². The fourth-order valence-corrected chi connectivity index (χ4v) is 0. The molecule has 0 heterocycles. The van der Waals surface area contributed by atoms with Gasteiger partial charge in [-0.15, -0.1) is 12.6 Å². The Hall–Kier alpha value is 1.56. The van der Waals surface area contributed by atoms with Gasteiger partial charge in [0.05, 0.1) is 0 Å². The molecular formula is CH3NS4Zn. The molecule has 0 aromatic carbocycles. The van der Waals surface area contributed by atoms with Crippen molar-refractivity contribution in [3.8, 4) is 0 Å². The van der Waals surface area contributed by atoms with Crippen molar-refractivity contribution in [3.63, 3.8) is 0 Å². The van der Waals surface area contributed by atoms with Crippen LogP contribution in [0.2, 0.25) is 0 Å². The standard InChI is InChI=1S/CH3NS4.Zn/c3-1(4)2(5)6;/h5-6H,(H,3,4);. The van der Waals surface area contributed by atoms with Crippen molar-refractivity contribution < 1.29 is 19.5 Å². The second-order valence-electron chi connectivity index (χ2n) is 0.572. The molecule has 7 heavy (non-hydrogen) atoms. The van der Waals surface area contributed by atoms with E-state index in [1.54, 1.807) is 0 Å². The van der Waals surface area contributed by atoms with Crippen LogP contribution in [0.25, 0.3) is 0 Å². The topological polar surface area (TPSA) is 3.24 Å². The number of thiocarbonyl (C=S) groups is 1. The molecule has 38 valence electrons. The Morgan fingerprint density at radius 3 is 1.57 bits per heavy atom. The van der Waals surface area contributed by atoms with Crippen LogP contribution >= 0.6 is 50.5 Å². The van der Waals surface area contributed by atoms with Crippen molar-refractivity contribution in [3.05, 3.63) is 0 Å². The number of thiol groups is 3. The average Bonchev–Trinajstić information content (AvgIpc) is 1.36. The van der Waals surface area contributed by atoms with Gasteiger partial charge in [0.25, 0.3) is 0 Å². The van der Waals surface area contributed by atoms with Gasteiger partial charge < -0.3 is 0 Å². The normalized spacial score (nSPS) is 6.71. The van der Waals surface area contributed by atoms with Gasteiger partial charge in [-0.05, 0) is 0 Å². The predicted octanol–water partition coefficient (Wildman–Crippen LogP) is 1.19. The predicted molar refractivity (Wildman–Crippen MR) is 41.4 cm³/mol. The van der Waals surface area contributed by atoms with E-state index >= 15 is 0 Å². The zero-order chi connectivity index (χ0) is 5.15. The molecule has 6 heteroatoms. The first-order valence-corrected chi connectivity index (χ1v) is 2.71. The molecule has 0 saturated carbocycles. The Kier molecular flexibility index (Phi) is 9.25. The van der Waals surface area contributed by atoms with E-state index < -0.39 is 0 Å². The molecule has 0 saturated heterocycles. The SMILES string of the molecule is S=C(S)N(S)S.[Zn]. The molecule has 0 atom stereocenters. The number of rotatable bonds is 0. The first kappa shape index (κ1) is 11.4. The Morgan fingerprint density at radius 2 is 1.57 bits per heavy atom. The summed E-state index contributed by atoms with van der Waals surface area (Å²) in [6.45, 7) is 0. The molecule has 0 spiro atoms. The maximum atomic E-state index is 4.46. The average molecular weight is 223 g/mol. The fraction of sp³-hybridized carbons (Fsp3) is 0. The minimum absolute atomic E-state index is 0. The second kappa shape index (κ2) is 5.70. The van der Waals surface area contributed by atoms with Crippen LogP contribution in [0.15, 0.2) is 0 Å². The first-order valence-electron chi connectivity index (χ1n) is 1.05. The summed E-state index contributed by atoms with van der Waals surface area (Å²) in [7, 11) is 0. The van der Waals surface area contributed by atoms with Gasteiger partial charge in [0.2, 0.25) is 0 Å². The minimum Gasteiger partial charge on any atom is -0.248 e. The summed E-state index contributed by atoms with van der Waals surface area (Å²) in [6.07, 6.45) is 0. The van der Waals surface area contributed by atoms with Gasteiger partial charge in [0, 0.05) is 19.5 Å². The van der Waals surface area contributed by atoms with E-state index in [2.05, 4.69) is 50.5 Å². The number of nitrogens with zero attached hydrogens (tertiary/aromatic N) is 1. The Morgan fingerprint density at radius 1 is 1.43 bits per heavy atom. The smallest absolute Gasteiger partial charge is 0.153 e. The van der Waals surface area contributed by atoms with Crippen LogP contribution in [0.1, 0.15) is 0 Å². The fourth-order valence-electron chi connectivity index (χ4n) is 0. The van der Waals surface area contributed by atoms with Crippen molar-refractivity contribution in [2.75, 3.05) is 0 Å². The third kappa shape index (κ3) is 7.56. The monoisotopic (exact) mass is 221 g/mol. The number of hydrogen-bond donors (Lipinski definition) is 3. The van der Waals surface area contributed by atoms with Crippen LogP contribution in [0.3, 0.4) is 0 Å². The Balaban J connectivity index is 0. The summed E-state index contributed by atoms with van der Waals surface area (Å²) in [6, 6.07) is 0. The molecule has 0 N–H and O–H groups in total. The summed E-state index contributed by atoms with van der Waals surface area (Å²) in [5, 5.41) is 0. The van der Waals surface area contributed by atoms with Crippen LogP contribution in [-0.4, -0.2) is 8.03 Å². The molecule has 0 aromatic heterocycles. The maximum absolute atomic E-state index is 4.46. The molecule has 0 fully saturated rings. The molecule has 0 radical (unpaired) electrons. The third-order valence-corrected chi connectivity index (χ3v) is 1.54. The van der Waals surface area contributed by atoms with Gasteiger partial charge in [-0.25, -0.2) is 3.71 Å². The zero-order valence-corrected chi connectivity index (χ0v) is 9.87. The minimum atomic E-state index is 0. The first-order chi connectivity index (χ1) is 2.64. The summed E-state index contributed by atoms with van der Waals surface area (Å²) in [5.41, 5.74) is 0. The van der Waals surface area contributed by atoms with E-state index in [0.717, 1.165) is 3.71 Å². The zero-order valence-electron chi connectivity index (χ0n) is 3.40. The van der Waals surface area contributed by atoms with Crippen molar-refractivity contribution in [2.24, 2.45) is 0 Å². The molecular weight excluding hydrogens is 220 g/mol. The molecule has 0 unspecified atom stereocenters. The van der Waals surface area contributed by atoms with Crippen molar-refractivity contribution in [2.45, 2.75) is 0 Å². The van der Waals surface area contributed by atoms with Crippen LogP contribution in [0, 0.1) is 0 Å². The maximum Gasteiger partial charge on any atom is 0.153 e. The molecule has 1 nitrogen and oxygen atoms in total.